The second-order valence-electron chi connectivity index (χ2n) is 9.22. The molecule has 1 amide bonds. The van der Waals surface area contributed by atoms with Crippen molar-refractivity contribution in [2.75, 3.05) is 26.3 Å². The van der Waals surface area contributed by atoms with Gasteiger partial charge in [0.15, 0.2) is 0 Å². The average molecular weight is 568 g/mol. The van der Waals surface area contributed by atoms with E-state index in [1.807, 2.05) is 42.5 Å². The molecule has 0 aromatic heterocycles. The van der Waals surface area contributed by atoms with Crippen molar-refractivity contribution >= 4 is 22.0 Å². The third-order valence-corrected chi connectivity index (χ3v) is 7.23. The van der Waals surface area contributed by atoms with E-state index in [0.717, 1.165) is 28.6 Å². The summed E-state index contributed by atoms with van der Waals surface area (Å²) in [4.78, 5) is 12.8. The van der Waals surface area contributed by atoms with Crippen LogP contribution in [-0.4, -0.2) is 43.4 Å². The van der Waals surface area contributed by atoms with Crippen molar-refractivity contribution in [2.45, 2.75) is 43.4 Å². The maximum absolute atomic E-state index is 11.5. The van der Waals surface area contributed by atoms with Crippen LogP contribution in [0.1, 0.15) is 41.0 Å². The first-order valence-corrected chi connectivity index (χ1v) is 13.8. The molecule has 2 unspecified atom stereocenters. The molecule has 0 spiro atoms. The van der Waals surface area contributed by atoms with Gasteiger partial charge in [0, 0.05) is 30.8 Å². The van der Waals surface area contributed by atoms with E-state index < -0.39 is 6.09 Å². The second-order valence-corrected chi connectivity index (χ2v) is 9.78. The van der Waals surface area contributed by atoms with Gasteiger partial charge in [0.2, 0.25) is 0 Å². The van der Waals surface area contributed by atoms with E-state index in [1.165, 1.54) is 16.0 Å². The highest BCUT2D eigenvalue weighted by Gasteiger charge is 2.31. The number of piperidine rings is 1. The van der Waals surface area contributed by atoms with Gasteiger partial charge < -0.3 is 29.0 Å². The predicted molar refractivity (Wildman–Crippen MR) is 145 cm³/mol. The van der Waals surface area contributed by atoms with E-state index in [9.17, 15) is 9.90 Å². The molecule has 2 atom stereocenters. The zero-order valence-corrected chi connectivity index (χ0v) is 22.5. The molecular weight excluding hydrogens is 534 g/mol. The monoisotopic (exact) mass is 566 g/mol. The number of alkyl halides is 1. The molecule has 196 valence electrons. The van der Waals surface area contributed by atoms with Crippen molar-refractivity contribution < 1.29 is 24.1 Å². The Balaban J connectivity index is 1.27. The molecule has 7 heteroatoms. The van der Waals surface area contributed by atoms with Crippen molar-refractivity contribution in [2.24, 2.45) is 0 Å². The summed E-state index contributed by atoms with van der Waals surface area (Å²) < 4.78 is 17.9. The molecule has 0 bridgehead atoms. The Hall–Kier alpha value is -2.87. The lowest BCUT2D eigenvalue weighted by atomic mass is 9.87. The van der Waals surface area contributed by atoms with Crippen molar-refractivity contribution in [1.29, 1.82) is 0 Å². The number of benzene rings is 3. The Morgan fingerprint density at radius 1 is 0.892 bits per heavy atom. The largest absolute Gasteiger partial charge is 0.530 e. The zero-order chi connectivity index (χ0) is 25.9. The Morgan fingerprint density at radius 3 is 2.30 bits per heavy atom. The van der Waals surface area contributed by atoms with E-state index in [4.69, 9.17) is 14.2 Å². The molecular formula is C30H33BrNO5-. The lowest BCUT2D eigenvalue weighted by Gasteiger charge is -2.40. The van der Waals surface area contributed by atoms with Gasteiger partial charge in [-0.25, -0.2) is 0 Å². The van der Waals surface area contributed by atoms with Gasteiger partial charge in [-0.1, -0.05) is 82.7 Å². The van der Waals surface area contributed by atoms with Gasteiger partial charge in [-0.15, -0.1) is 0 Å². The van der Waals surface area contributed by atoms with E-state index in [1.54, 1.807) is 0 Å². The predicted octanol–water partition coefficient (Wildman–Crippen LogP) is 5.29. The minimum Gasteiger partial charge on any atom is -0.530 e. The van der Waals surface area contributed by atoms with Gasteiger partial charge in [-0.3, -0.25) is 0 Å². The summed E-state index contributed by atoms with van der Waals surface area (Å²) in [7, 11) is 0. The number of carboxylic acid groups (broad SMARTS) is 1. The van der Waals surface area contributed by atoms with Crippen LogP contribution in [-0.2, 0) is 28.0 Å². The summed E-state index contributed by atoms with van der Waals surface area (Å²) in [5, 5.41) is 12.3. The molecule has 0 aliphatic carbocycles. The minimum absolute atomic E-state index is 0.0952. The number of amides is 1. The fourth-order valence-electron chi connectivity index (χ4n) is 4.49. The number of carbonyl (C=O) groups is 1. The average Bonchev–Trinajstić information content (AvgIpc) is 2.95. The quantitative estimate of drug-likeness (QED) is 0.220. The van der Waals surface area contributed by atoms with Gasteiger partial charge in [-0.2, -0.15) is 0 Å². The van der Waals surface area contributed by atoms with Crippen LogP contribution in [0.25, 0.3) is 0 Å². The molecule has 1 aliphatic rings. The van der Waals surface area contributed by atoms with Crippen LogP contribution in [0.3, 0.4) is 0 Å². The van der Waals surface area contributed by atoms with Gasteiger partial charge in [0.1, 0.15) is 11.8 Å². The van der Waals surface area contributed by atoms with Crippen LogP contribution in [0, 0.1) is 0 Å². The summed E-state index contributed by atoms with van der Waals surface area (Å²) in [6.45, 7) is 3.00. The molecule has 1 heterocycles. The molecule has 0 N–H and O–H groups in total. The van der Waals surface area contributed by atoms with Crippen LogP contribution in [0.15, 0.2) is 78.9 Å². The van der Waals surface area contributed by atoms with Crippen molar-refractivity contribution in [1.82, 2.24) is 4.90 Å². The van der Waals surface area contributed by atoms with Crippen LogP contribution < -0.4 is 9.84 Å². The lowest BCUT2D eigenvalue weighted by molar-refractivity contribution is -0.268. The van der Waals surface area contributed by atoms with E-state index in [2.05, 4.69) is 52.3 Å². The van der Waals surface area contributed by atoms with Crippen molar-refractivity contribution in [3.8, 4) is 5.75 Å². The molecule has 1 fully saturated rings. The fraction of sp³-hybridized carbons (Fsp3) is 0.367. The number of carbonyl (C=O) groups excluding carboxylic acids is 1. The number of ether oxygens (including phenoxy) is 3. The highest BCUT2D eigenvalue weighted by Crippen LogP contribution is 2.32. The molecule has 6 nitrogen and oxygen atoms in total. The summed E-state index contributed by atoms with van der Waals surface area (Å²) >= 11 is 3.46. The van der Waals surface area contributed by atoms with Gasteiger partial charge in [0.05, 0.1) is 32.5 Å². The number of hydrogen-bond donors (Lipinski definition) is 0. The van der Waals surface area contributed by atoms with Crippen LogP contribution in [0.5, 0.6) is 5.75 Å². The first kappa shape index (κ1) is 27.2. The SMILES string of the molecule is O=C([O-])N1CCC(c2ccc(OCCCOCc3ccccc3)cc2)C(OCc2ccc(CBr)cc2)C1. The number of rotatable bonds is 12. The zero-order valence-electron chi connectivity index (χ0n) is 20.9. The minimum atomic E-state index is -1.15. The summed E-state index contributed by atoms with van der Waals surface area (Å²) in [6, 6.07) is 26.4. The summed E-state index contributed by atoms with van der Waals surface area (Å²) in [5.41, 5.74) is 4.55. The standard InChI is InChI=1S/C30H34BrNO5/c31-19-23-7-9-25(10-8-23)22-37-29-20-32(30(33)34)16-15-28(29)26-11-13-27(14-12-26)36-18-4-17-35-21-24-5-2-1-3-6-24/h1-3,5-14,28-29H,4,15-22H2,(H,33,34)/p-1. The maximum atomic E-state index is 11.5. The summed E-state index contributed by atoms with van der Waals surface area (Å²) in [5.74, 6) is 0.904. The Labute approximate surface area is 227 Å². The van der Waals surface area contributed by atoms with E-state index >= 15 is 0 Å². The highest BCUT2D eigenvalue weighted by molar-refractivity contribution is 9.08. The number of likely N-dealkylation sites (tertiary alicyclic amines) is 1. The third-order valence-electron chi connectivity index (χ3n) is 6.58. The molecule has 37 heavy (non-hydrogen) atoms. The van der Waals surface area contributed by atoms with Crippen molar-refractivity contribution in [3.63, 3.8) is 0 Å². The van der Waals surface area contributed by atoms with Crippen molar-refractivity contribution in [3.05, 3.63) is 101 Å². The molecule has 4 rings (SSSR count). The van der Waals surface area contributed by atoms with Gasteiger partial charge in [0.25, 0.3) is 0 Å². The second kappa shape index (κ2) is 14.2. The normalized spacial score (nSPS) is 17.5. The fourth-order valence-corrected chi connectivity index (χ4v) is 4.86. The maximum Gasteiger partial charge on any atom is 0.137 e. The third kappa shape index (κ3) is 8.32. The first-order valence-electron chi connectivity index (χ1n) is 12.7. The Bertz CT molecular complexity index is 1090. The van der Waals surface area contributed by atoms with Gasteiger partial charge in [-0.05, 0) is 40.8 Å². The van der Waals surface area contributed by atoms with Crippen LogP contribution in [0.2, 0.25) is 0 Å². The molecule has 0 radical (unpaired) electrons. The molecule has 3 aromatic rings. The molecule has 3 aromatic carbocycles. The van der Waals surface area contributed by atoms with Gasteiger partial charge >= 0.3 is 0 Å². The van der Waals surface area contributed by atoms with E-state index in [-0.39, 0.29) is 12.0 Å². The van der Waals surface area contributed by atoms with Crippen LogP contribution in [0.4, 0.5) is 4.79 Å². The Kier molecular flexibility index (Phi) is 10.4. The smallest absolute Gasteiger partial charge is 0.137 e. The molecule has 1 aliphatic heterocycles. The first-order chi connectivity index (χ1) is 18.1. The van der Waals surface area contributed by atoms with Crippen LogP contribution >= 0.6 is 15.9 Å². The molecule has 1 saturated heterocycles. The lowest BCUT2D eigenvalue weighted by Crippen LogP contribution is -2.51. The topological polar surface area (TPSA) is 71.1 Å². The number of halogens is 1. The molecule has 0 saturated carbocycles. The number of hydrogen-bond acceptors (Lipinski definition) is 5. The highest BCUT2D eigenvalue weighted by atomic mass is 79.9. The summed E-state index contributed by atoms with van der Waals surface area (Å²) in [6.07, 6.45) is 0.0874. The van der Waals surface area contributed by atoms with E-state index in [0.29, 0.717) is 45.9 Å². The Morgan fingerprint density at radius 2 is 1.59 bits per heavy atom. The number of nitrogens with zero attached hydrogens (tertiary/aromatic N) is 1.